The lowest BCUT2D eigenvalue weighted by molar-refractivity contribution is -0.121. The largest absolute Gasteiger partial charge is 0.381 e. The van der Waals surface area contributed by atoms with Crippen LogP contribution in [0.15, 0.2) is 6.20 Å². The normalized spacial score (nSPS) is 10.9. The molecule has 1 heterocycles. The first-order valence-electron chi connectivity index (χ1n) is 6.55. The molecule has 1 aromatic heterocycles. The Kier molecular flexibility index (Phi) is 7.06. The summed E-state index contributed by atoms with van der Waals surface area (Å²) in [4.78, 5) is 11.6. The van der Waals surface area contributed by atoms with Gasteiger partial charge in [0.05, 0.1) is 11.9 Å². The predicted molar refractivity (Wildman–Crippen MR) is 71.2 cm³/mol. The average molecular weight is 269 g/mol. The van der Waals surface area contributed by atoms with Crippen molar-refractivity contribution in [2.45, 2.75) is 33.4 Å². The second kappa shape index (κ2) is 8.60. The third kappa shape index (κ3) is 6.88. The van der Waals surface area contributed by atoms with Gasteiger partial charge in [-0.05, 0) is 12.3 Å². The van der Waals surface area contributed by atoms with Crippen LogP contribution in [0.1, 0.15) is 26.0 Å². The summed E-state index contributed by atoms with van der Waals surface area (Å²) in [5, 5.41) is 10.4. The van der Waals surface area contributed by atoms with Crippen LogP contribution < -0.4 is 11.1 Å². The molecule has 7 heteroatoms. The quantitative estimate of drug-likeness (QED) is 0.611. The Bertz CT molecular complexity index is 378. The number of aromatic nitrogens is 3. The van der Waals surface area contributed by atoms with Crippen LogP contribution in [-0.4, -0.2) is 40.7 Å². The molecule has 0 spiro atoms. The number of carbonyl (C=O) groups is 1. The van der Waals surface area contributed by atoms with Crippen molar-refractivity contribution < 1.29 is 9.53 Å². The Balaban J connectivity index is 2.08. The van der Waals surface area contributed by atoms with E-state index in [9.17, 15) is 4.79 Å². The van der Waals surface area contributed by atoms with Crippen molar-refractivity contribution in [1.82, 2.24) is 20.3 Å². The number of hydrogen-bond acceptors (Lipinski definition) is 5. The molecule has 0 atom stereocenters. The zero-order valence-corrected chi connectivity index (χ0v) is 11.6. The van der Waals surface area contributed by atoms with E-state index in [1.807, 2.05) is 0 Å². The minimum Gasteiger partial charge on any atom is -0.381 e. The summed E-state index contributed by atoms with van der Waals surface area (Å²) in [6, 6.07) is 0. The Labute approximate surface area is 113 Å². The van der Waals surface area contributed by atoms with Crippen LogP contribution >= 0.6 is 0 Å². The molecule has 0 saturated heterocycles. The molecule has 0 saturated carbocycles. The summed E-state index contributed by atoms with van der Waals surface area (Å²) >= 11 is 0. The van der Waals surface area contributed by atoms with Crippen LogP contribution in [0.25, 0.3) is 0 Å². The van der Waals surface area contributed by atoms with Gasteiger partial charge in [-0.1, -0.05) is 19.1 Å². The van der Waals surface area contributed by atoms with E-state index in [4.69, 9.17) is 10.5 Å². The number of nitrogens with zero attached hydrogens (tertiary/aromatic N) is 3. The molecule has 0 unspecified atom stereocenters. The maximum Gasteiger partial charge on any atom is 0.241 e. The SMILES string of the molecule is CC(C)COCCCNC(=O)Cn1cc(CN)nn1. The second-order valence-corrected chi connectivity index (χ2v) is 4.78. The summed E-state index contributed by atoms with van der Waals surface area (Å²) in [6.07, 6.45) is 2.48. The van der Waals surface area contributed by atoms with E-state index in [-0.39, 0.29) is 12.5 Å². The molecule has 0 aliphatic heterocycles. The molecular weight excluding hydrogens is 246 g/mol. The van der Waals surface area contributed by atoms with Gasteiger partial charge in [0.15, 0.2) is 0 Å². The molecule has 7 nitrogen and oxygen atoms in total. The minimum absolute atomic E-state index is 0.0858. The highest BCUT2D eigenvalue weighted by atomic mass is 16.5. The topological polar surface area (TPSA) is 95.1 Å². The lowest BCUT2D eigenvalue weighted by Crippen LogP contribution is -2.29. The van der Waals surface area contributed by atoms with Gasteiger partial charge in [-0.15, -0.1) is 5.10 Å². The summed E-state index contributed by atoms with van der Waals surface area (Å²) in [6.45, 7) is 6.74. The van der Waals surface area contributed by atoms with Crippen molar-refractivity contribution in [2.75, 3.05) is 19.8 Å². The number of hydrogen-bond donors (Lipinski definition) is 2. The Morgan fingerprint density at radius 3 is 3.00 bits per heavy atom. The maximum absolute atomic E-state index is 11.6. The monoisotopic (exact) mass is 269 g/mol. The molecule has 0 aliphatic carbocycles. The fourth-order valence-electron chi connectivity index (χ4n) is 1.43. The maximum atomic E-state index is 11.6. The van der Waals surface area contributed by atoms with Crippen LogP contribution in [0.4, 0.5) is 0 Å². The van der Waals surface area contributed by atoms with E-state index >= 15 is 0 Å². The van der Waals surface area contributed by atoms with Crippen molar-refractivity contribution in [3.05, 3.63) is 11.9 Å². The van der Waals surface area contributed by atoms with Gasteiger partial charge in [0, 0.05) is 26.3 Å². The molecule has 0 fully saturated rings. The van der Waals surface area contributed by atoms with Gasteiger partial charge in [0.2, 0.25) is 5.91 Å². The number of carbonyl (C=O) groups excluding carboxylic acids is 1. The third-order valence-electron chi connectivity index (χ3n) is 2.34. The fourth-order valence-corrected chi connectivity index (χ4v) is 1.43. The first-order chi connectivity index (χ1) is 9.11. The molecule has 0 aliphatic rings. The highest BCUT2D eigenvalue weighted by Gasteiger charge is 2.04. The zero-order valence-electron chi connectivity index (χ0n) is 11.6. The molecule has 0 aromatic carbocycles. The molecule has 1 aromatic rings. The first kappa shape index (κ1) is 15.6. The minimum atomic E-state index is -0.0858. The number of amides is 1. The Hall–Kier alpha value is -1.47. The Morgan fingerprint density at radius 2 is 2.37 bits per heavy atom. The van der Waals surface area contributed by atoms with Crippen LogP contribution in [-0.2, 0) is 22.6 Å². The fraction of sp³-hybridized carbons (Fsp3) is 0.750. The van der Waals surface area contributed by atoms with Crippen LogP contribution in [0, 0.1) is 5.92 Å². The number of nitrogens with one attached hydrogen (secondary N) is 1. The van der Waals surface area contributed by atoms with Crippen molar-refractivity contribution in [3.63, 3.8) is 0 Å². The van der Waals surface area contributed by atoms with Gasteiger partial charge < -0.3 is 15.8 Å². The Morgan fingerprint density at radius 1 is 1.58 bits per heavy atom. The highest BCUT2D eigenvalue weighted by molar-refractivity contribution is 5.75. The van der Waals surface area contributed by atoms with Gasteiger partial charge in [-0.25, -0.2) is 4.68 Å². The first-order valence-corrected chi connectivity index (χ1v) is 6.55. The number of ether oxygens (including phenoxy) is 1. The predicted octanol–water partition coefficient (Wildman–Crippen LogP) is -0.0843. The van der Waals surface area contributed by atoms with Crippen molar-refractivity contribution in [2.24, 2.45) is 11.7 Å². The zero-order chi connectivity index (χ0) is 14.1. The van der Waals surface area contributed by atoms with Crippen molar-refractivity contribution in [1.29, 1.82) is 0 Å². The molecule has 0 radical (unpaired) electrons. The second-order valence-electron chi connectivity index (χ2n) is 4.78. The average Bonchev–Trinajstić information content (AvgIpc) is 2.81. The van der Waals surface area contributed by atoms with E-state index in [1.54, 1.807) is 6.20 Å². The lowest BCUT2D eigenvalue weighted by atomic mass is 10.2. The van der Waals surface area contributed by atoms with Gasteiger partial charge >= 0.3 is 0 Å². The molecule has 1 rings (SSSR count). The standard InChI is InChI=1S/C12H23N5O2/c1-10(2)9-19-5-3-4-14-12(18)8-17-7-11(6-13)15-16-17/h7,10H,3-6,8-9,13H2,1-2H3,(H,14,18). The third-order valence-corrected chi connectivity index (χ3v) is 2.34. The van der Waals surface area contributed by atoms with E-state index in [2.05, 4.69) is 29.5 Å². The summed E-state index contributed by atoms with van der Waals surface area (Å²) in [7, 11) is 0. The van der Waals surface area contributed by atoms with Gasteiger partial charge in [0.1, 0.15) is 6.54 Å². The van der Waals surface area contributed by atoms with E-state index < -0.39 is 0 Å². The van der Waals surface area contributed by atoms with Crippen molar-refractivity contribution >= 4 is 5.91 Å². The van der Waals surface area contributed by atoms with Crippen LogP contribution in [0.2, 0.25) is 0 Å². The summed E-state index contributed by atoms with van der Waals surface area (Å²) < 4.78 is 6.90. The van der Waals surface area contributed by atoms with Crippen molar-refractivity contribution in [3.8, 4) is 0 Å². The van der Waals surface area contributed by atoms with Gasteiger partial charge in [-0.3, -0.25) is 4.79 Å². The van der Waals surface area contributed by atoms with Gasteiger partial charge in [0.25, 0.3) is 0 Å². The van der Waals surface area contributed by atoms with Gasteiger partial charge in [-0.2, -0.15) is 0 Å². The summed E-state index contributed by atoms with van der Waals surface area (Å²) in [5.74, 6) is 0.455. The number of nitrogens with two attached hydrogens (primary N) is 1. The molecular formula is C12H23N5O2. The number of rotatable bonds is 9. The molecule has 3 N–H and O–H groups in total. The summed E-state index contributed by atoms with van der Waals surface area (Å²) in [5.41, 5.74) is 6.09. The molecule has 0 bridgehead atoms. The van der Waals surface area contributed by atoms with Crippen LogP contribution in [0.5, 0.6) is 0 Å². The highest BCUT2D eigenvalue weighted by Crippen LogP contribution is 1.93. The molecule has 1 amide bonds. The molecule has 108 valence electrons. The van der Waals surface area contributed by atoms with Crippen LogP contribution in [0.3, 0.4) is 0 Å². The molecule has 19 heavy (non-hydrogen) atoms. The smallest absolute Gasteiger partial charge is 0.241 e. The van der Waals surface area contributed by atoms with E-state index in [0.29, 0.717) is 31.3 Å². The van der Waals surface area contributed by atoms with E-state index in [1.165, 1.54) is 4.68 Å². The lowest BCUT2D eigenvalue weighted by Gasteiger charge is -2.07. The van der Waals surface area contributed by atoms with E-state index in [0.717, 1.165) is 13.0 Å².